The molecular weight excluding hydrogens is 460 g/mol. The molecule has 0 saturated carbocycles. The summed E-state index contributed by atoms with van der Waals surface area (Å²) < 4.78 is 53.9. The lowest BCUT2D eigenvalue weighted by atomic mass is 10.2. The second kappa shape index (κ2) is 7.02. The van der Waals surface area contributed by atoms with Gasteiger partial charge in [-0.3, -0.25) is 4.79 Å². The molecule has 0 spiro atoms. The minimum Gasteiger partial charge on any atom is -0.364 e. The Bertz CT molecular complexity index is 1140. The van der Waals surface area contributed by atoms with Crippen molar-refractivity contribution < 1.29 is 21.6 Å². The van der Waals surface area contributed by atoms with E-state index in [-0.39, 0.29) is 23.7 Å². The van der Waals surface area contributed by atoms with Gasteiger partial charge in [0.1, 0.15) is 10.6 Å². The summed E-state index contributed by atoms with van der Waals surface area (Å²) >= 11 is 3.28. The molecule has 4 N–H and O–H groups in total. The Labute approximate surface area is 164 Å². The molecule has 0 bridgehead atoms. The number of fused-ring (bicyclic) bond motifs is 1. The number of hydrogen-bond donors (Lipinski definition) is 3. The molecular formula is C15H17BrN4O5S2. The number of amides is 1. The van der Waals surface area contributed by atoms with Crippen LogP contribution in [0.5, 0.6) is 0 Å². The van der Waals surface area contributed by atoms with Crippen molar-refractivity contribution in [2.45, 2.75) is 17.4 Å². The summed E-state index contributed by atoms with van der Waals surface area (Å²) in [4.78, 5) is 14.2. The van der Waals surface area contributed by atoms with Gasteiger partial charge in [-0.2, -0.15) is 4.31 Å². The lowest BCUT2D eigenvalue weighted by Gasteiger charge is -2.15. The number of nitrogens with two attached hydrogens (primary N) is 1. The smallest absolute Gasteiger partial charge is 0.266 e. The van der Waals surface area contributed by atoms with E-state index in [1.807, 2.05) is 0 Å². The monoisotopic (exact) mass is 476 g/mol. The zero-order valence-electron chi connectivity index (χ0n) is 14.0. The molecule has 2 aromatic rings. The van der Waals surface area contributed by atoms with Crippen LogP contribution in [-0.2, 0) is 20.0 Å². The number of sulfonamides is 2. The molecule has 12 heteroatoms. The summed E-state index contributed by atoms with van der Waals surface area (Å²) in [5.74, 6) is -0.912. The van der Waals surface area contributed by atoms with Crippen LogP contribution in [0.4, 0.5) is 0 Å². The van der Waals surface area contributed by atoms with Gasteiger partial charge in [-0.1, -0.05) is 22.5 Å². The largest absolute Gasteiger partial charge is 0.364 e. The third-order valence-corrected chi connectivity index (χ3v) is 7.84. The number of carbonyl (C=O) groups is 1. The average molecular weight is 477 g/mol. The molecule has 9 nitrogen and oxygen atoms in total. The highest BCUT2D eigenvalue weighted by molar-refractivity contribution is 9.10. The number of H-pyrrole nitrogens is 1. The summed E-state index contributed by atoms with van der Waals surface area (Å²) in [5, 5.41) is 1.13. The molecule has 0 aliphatic carbocycles. The number of nitrogens with zero attached hydrogens (tertiary/aromatic N) is 1. The van der Waals surface area contributed by atoms with Crippen LogP contribution in [0.2, 0.25) is 0 Å². The number of rotatable bonds is 6. The van der Waals surface area contributed by atoms with E-state index < -0.39 is 32.0 Å². The van der Waals surface area contributed by atoms with E-state index in [2.05, 4.69) is 32.2 Å². The molecule has 146 valence electrons. The number of primary amides is 1. The third-order valence-electron chi connectivity index (χ3n) is 4.27. The molecule has 1 aliphatic rings. The Morgan fingerprint density at radius 3 is 2.70 bits per heavy atom. The molecule has 1 aliphatic heterocycles. The third kappa shape index (κ3) is 3.80. The first-order valence-electron chi connectivity index (χ1n) is 7.81. The van der Waals surface area contributed by atoms with Crippen molar-refractivity contribution in [3.63, 3.8) is 0 Å². The van der Waals surface area contributed by atoms with Crippen molar-refractivity contribution in [2.24, 2.45) is 5.73 Å². The lowest BCUT2D eigenvalue weighted by Crippen LogP contribution is -2.38. The normalized spacial score (nSPS) is 18.8. The number of nitrogens with one attached hydrogen (secondary N) is 2. The first kappa shape index (κ1) is 20.0. The van der Waals surface area contributed by atoms with Crippen LogP contribution in [0.25, 0.3) is 10.9 Å². The second-order valence-electron chi connectivity index (χ2n) is 6.06. The maximum Gasteiger partial charge on any atom is 0.266 e. The quantitative estimate of drug-likeness (QED) is 0.566. The van der Waals surface area contributed by atoms with Crippen LogP contribution in [0.3, 0.4) is 0 Å². The summed E-state index contributed by atoms with van der Waals surface area (Å²) in [5.41, 5.74) is 5.55. The Kier molecular flexibility index (Phi) is 5.20. The number of aromatic amines is 1. The van der Waals surface area contributed by atoms with Gasteiger partial charge in [0.2, 0.25) is 20.0 Å². The van der Waals surface area contributed by atoms with Crippen molar-refractivity contribution in [1.82, 2.24) is 14.0 Å². The Morgan fingerprint density at radius 1 is 1.37 bits per heavy atom. The zero-order valence-corrected chi connectivity index (χ0v) is 17.2. The van der Waals surface area contributed by atoms with Crippen LogP contribution in [0.15, 0.2) is 39.6 Å². The van der Waals surface area contributed by atoms with Gasteiger partial charge in [0.05, 0.1) is 0 Å². The van der Waals surface area contributed by atoms with Crippen LogP contribution >= 0.6 is 15.9 Å². The molecule has 1 aromatic heterocycles. The molecule has 1 aromatic carbocycles. The second-order valence-corrected chi connectivity index (χ2v) is 10.5. The average Bonchev–Trinajstić information content (AvgIpc) is 3.19. The number of carbonyl (C=O) groups excluding carboxylic acids is 1. The molecule has 1 amide bonds. The topological polar surface area (TPSA) is 142 Å². The Balaban J connectivity index is 1.98. The van der Waals surface area contributed by atoms with E-state index in [0.717, 1.165) is 9.71 Å². The fourth-order valence-electron chi connectivity index (χ4n) is 3.03. The minimum atomic E-state index is -4.15. The molecule has 1 unspecified atom stereocenters. The van der Waals surface area contributed by atoms with Crippen molar-refractivity contribution in [1.29, 1.82) is 0 Å². The van der Waals surface area contributed by atoms with Gasteiger partial charge < -0.3 is 10.7 Å². The zero-order chi connectivity index (χ0) is 20.0. The SMILES string of the molecule is C=CS(=O)(=O)N1CCC(NS(=O)(=O)c2c(C(N)=O)[nH]c3ccc(Br)cc23)C1. The van der Waals surface area contributed by atoms with Gasteiger partial charge in [-0.25, -0.2) is 21.6 Å². The molecule has 1 atom stereocenters. The van der Waals surface area contributed by atoms with Crippen LogP contribution in [0.1, 0.15) is 16.9 Å². The van der Waals surface area contributed by atoms with Crippen LogP contribution in [-0.4, -0.2) is 51.2 Å². The van der Waals surface area contributed by atoms with Crippen LogP contribution in [0, 0.1) is 0 Å². The fourth-order valence-corrected chi connectivity index (χ4v) is 5.98. The molecule has 3 rings (SSSR count). The highest BCUT2D eigenvalue weighted by Gasteiger charge is 2.35. The van der Waals surface area contributed by atoms with E-state index >= 15 is 0 Å². The number of aromatic nitrogens is 1. The molecule has 27 heavy (non-hydrogen) atoms. The van der Waals surface area contributed by atoms with Gasteiger partial charge in [0, 0.05) is 39.9 Å². The van der Waals surface area contributed by atoms with Crippen molar-refractivity contribution in [3.8, 4) is 0 Å². The summed E-state index contributed by atoms with van der Waals surface area (Å²) in [6.07, 6.45) is 0.296. The number of hydrogen-bond acceptors (Lipinski definition) is 5. The summed E-state index contributed by atoms with van der Waals surface area (Å²) in [7, 11) is -7.77. The van der Waals surface area contributed by atoms with E-state index in [1.165, 1.54) is 0 Å². The van der Waals surface area contributed by atoms with Crippen molar-refractivity contribution in [2.75, 3.05) is 13.1 Å². The van der Waals surface area contributed by atoms with Gasteiger partial charge in [-0.05, 0) is 24.6 Å². The number of halogens is 1. The van der Waals surface area contributed by atoms with Gasteiger partial charge in [-0.15, -0.1) is 0 Å². The first-order valence-corrected chi connectivity index (χ1v) is 11.6. The predicted molar refractivity (Wildman–Crippen MR) is 104 cm³/mol. The summed E-state index contributed by atoms with van der Waals surface area (Å²) in [6.45, 7) is 3.41. The fraction of sp³-hybridized carbons (Fsp3) is 0.267. The summed E-state index contributed by atoms with van der Waals surface area (Å²) in [6, 6.07) is 4.25. The van der Waals surface area contributed by atoms with E-state index in [1.54, 1.807) is 18.2 Å². The Morgan fingerprint density at radius 2 is 2.07 bits per heavy atom. The van der Waals surface area contributed by atoms with Gasteiger partial charge in [0.25, 0.3) is 5.91 Å². The molecule has 1 fully saturated rings. The standard InChI is InChI=1S/C15H17BrN4O5S2/c1-2-26(22,23)20-6-5-10(8-20)19-27(24,25)14-11-7-9(16)3-4-12(11)18-13(14)15(17)21/h2-4,7,10,18-19H,1,5-6,8H2,(H2,17,21). The maximum absolute atomic E-state index is 13.0. The maximum atomic E-state index is 13.0. The van der Waals surface area contributed by atoms with Crippen molar-refractivity contribution in [3.05, 3.63) is 40.4 Å². The van der Waals surface area contributed by atoms with Gasteiger partial charge in [0.15, 0.2) is 0 Å². The molecule has 0 radical (unpaired) electrons. The van der Waals surface area contributed by atoms with Crippen molar-refractivity contribution >= 4 is 52.8 Å². The predicted octanol–water partition coefficient (Wildman–Crippen LogP) is 0.855. The Hall–Kier alpha value is -1.73. The van der Waals surface area contributed by atoms with E-state index in [4.69, 9.17) is 5.73 Å². The molecule has 2 heterocycles. The molecule has 1 saturated heterocycles. The highest BCUT2D eigenvalue weighted by Crippen LogP contribution is 2.30. The first-order chi connectivity index (χ1) is 12.5. The lowest BCUT2D eigenvalue weighted by molar-refractivity contribution is 0.0993. The van der Waals surface area contributed by atoms with E-state index in [9.17, 15) is 21.6 Å². The van der Waals surface area contributed by atoms with E-state index in [0.29, 0.717) is 21.8 Å². The highest BCUT2D eigenvalue weighted by atomic mass is 79.9. The van der Waals surface area contributed by atoms with Crippen LogP contribution < -0.4 is 10.5 Å². The number of benzene rings is 1. The van der Waals surface area contributed by atoms with Gasteiger partial charge >= 0.3 is 0 Å². The minimum absolute atomic E-state index is 0.0223.